The molecule has 144 valence electrons. The first kappa shape index (κ1) is 18.3. The van der Waals surface area contributed by atoms with E-state index in [1.165, 1.54) is 12.1 Å². The maximum atomic E-state index is 13.8. The van der Waals surface area contributed by atoms with Gasteiger partial charge in [0.05, 0.1) is 16.3 Å². The Labute approximate surface area is 161 Å². The van der Waals surface area contributed by atoms with Crippen molar-refractivity contribution in [3.8, 4) is 0 Å². The van der Waals surface area contributed by atoms with Crippen LogP contribution in [0.15, 0.2) is 53.3 Å². The van der Waals surface area contributed by atoms with Crippen LogP contribution in [-0.4, -0.2) is 15.9 Å². The number of fused-ring (bicyclic) bond motifs is 1. The summed E-state index contributed by atoms with van der Waals surface area (Å²) in [6.07, 6.45) is 2.26. The molecule has 1 heterocycles. The largest absolute Gasteiger partial charge is 0.454 e. The van der Waals surface area contributed by atoms with Gasteiger partial charge < -0.3 is 9.72 Å². The number of esters is 1. The second kappa shape index (κ2) is 7.19. The molecule has 6 heteroatoms. The van der Waals surface area contributed by atoms with Crippen LogP contribution in [0.25, 0.3) is 10.9 Å². The normalized spacial score (nSPS) is 16.8. The van der Waals surface area contributed by atoms with Gasteiger partial charge in [-0.2, -0.15) is 0 Å². The van der Waals surface area contributed by atoms with E-state index in [2.05, 4.69) is 9.97 Å². The molecule has 0 saturated heterocycles. The van der Waals surface area contributed by atoms with Crippen molar-refractivity contribution in [1.29, 1.82) is 0 Å². The molecule has 0 amide bonds. The lowest BCUT2D eigenvalue weighted by molar-refractivity contribution is -0.156. The van der Waals surface area contributed by atoms with Gasteiger partial charge in [-0.05, 0) is 49.6 Å². The number of carbonyl (C=O) groups excluding carboxylic acids is 1. The summed E-state index contributed by atoms with van der Waals surface area (Å²) >= 11 is 0. The van der Waals surface area contributed by atoms with Gasteiger partial charge in [0.2, 0.25) is 0 Å². The highest BCUT2D eigenvalue weighted by Gasteiger charge is 2.45. The van der Waals surface area contributed by atoms with Gasteiger partial charge in [-0.1, -0.05) is 37.1 Å². The van der Waals surface area contributed by atoms with Crippen molar-refractivity contribution in [3.63, 3.8) is 0 Å². The molecular formula is C22H21FN2O3. The van der Waals surface area contributed by atoms with Crippen LogP contribution in [0.2, 0.25) is 0 Å². The summed E-state index contributed by atoms with van der Waals surface area (Å²) in [4.78, 5) is 32.6. The number of halogens is 1. The van der Waals surface area contributed by atoms with Crippen LogP contribution in [0, 0.1) is 5.82 Å². The standard InChI is InChI=1S/C22H21FN2O3/c1-14(19-24-18-10-3-2-9-17(18)20(26)25-19)28-21(27)22(11-4-5-12-22)15-7-6-8-16(23)13-15/h2-3,6-10,13-14H,4-5,11-12H2,1H3,(H,24,25,26)/t14-/m1/s1. The zero-order valence-electron chi connectivity index (χ0n) is 15.6. The summed E-state index contributed by atoms with van der Waals surface area (Å²) in [5, 5.41) is 0.483. The average molecular weight is 380 g/mol. The SMILES string of the molecule is C[C@@H](OC(=O)C1(c2cccc(F)c2)CCCC1)c1nc2ccccc2c(=O)[nH]1. The highest BCUT2D eigenvalue weighted by Crippen LogP contribution is 2.43. The number of nitrogens with zero attached hydrogens (tertiary/aromatic N) is 1. The van der Waals surface area contributed by atoms with Gasteiger partial charge >= 0.3 is 5.97 Å². The quantitative estimate of drug-likeness (QED) is 0.689. The lowest BCUT2D eigenvalue weighted by atomic mass is 9.79. The number of benzene rings is 2. The Morgan fingerprint density at radius 2 is 1.93 bits per heavy atom. The molecule has 0 radical (unpaired) electrons. The Morgan fingerprint density at radius 3 is 2.68 bits per heavy atom. The van der Waals surface area contributed by atoms with Gasteiger partial charge in [0.1, 0.15) is 5.82 Å². The first-order valence-electron chi connectivity index (χ1n) is 9.46. The minimum Gasteiger partial charge on any atom is -0.454 e. The number of nitrogens with one attached hydrogen (secondary N) is 1. The Morgan fingerprint density at radius 1 is 1.18 bits per heavy atom. The van der Waals surface area contributed by atoms with E-state index in [0.29, 0.717) is 35.1 Å². The van der Waals surface area contributed by atoms with E-state index in [1.807, 2.05) is 0 Å². The maximum absolute atomic E-state index is 13.8. The summed E-state index contributed by atoms with van der Waals surface area (Å²) < 4.78 is 19.5. The minimum atomic E-state index is -0.854. The van der Waals surface area contributed by atoms with Gasteiger partial charge in [0.25, 0.3) is 5.56 Å². The second-order valence-corrected chi connectivity index (χ2v) is 7.32. The molecule has 0 aliphatic heterocycles. The number of hydrogen-bond donors (Lipinski definition) is 1. The van der Waals surface area contributed by atoms with Crippen molar-refractivity contribution in [3.05, 3.63) is 76.1 Å². The van der Waals surface area contributed by atoms with Gasteiger partial charge in [0.15, 0.2) is 11.9 Å². The van der Waals surface area contributed by atoms with E-state index in [0.717, 1.165) is 12.8 Å². The van der Waals surface area contributed by atoms with E-state index in [9.17, 15) is 14.0 Å². The fourth-order valence-electron chi connectivity index (χ4n) is 4.00. The number of hydrogen-bond acceptors (Lipinski definition) is 4. The summed E-state index contributed by atoms with van der Waals surface area (Å²) in [6.45, 7) is 1.68. The molecule has 0 spiro atoms. The number of aromatic nitrogens is 2. The molecule has 3 aromatic rings. The summed E-state index contributed by atoms with van der Waals surface area (Å²) in [6, 6.07) is 13.2. The first-order chi connectivity index (χ1) is 13.5. The number of rotatable bonds is 4. The van der Waals surface area contributed by atoms with Crippen LogP contribution >= 0.6 is 0 Å². The predicted molar refractivity (Wildman–Crippen MR) is 103 cm³/mol. The third kappa shape index (κ3) is 3.19. The van der Waals surface area contributed by atoms with Crippen molar-refractivity contribution in [1.82, 2.24) is 9.97 Å². The minimum absolute atomic E-state index is 0.274. The maximum Gasteiger partial charge on any atom is 0.317 e. The lowest BCUT2D eigenvalue weighted by Crippen LogP contribution is -2.35. The van der Waals surface area contributed by atoms with Crippen molar-refractivity contribution in [2.75, 3.05) is 0 Å². The molecule has 1 atom stereocenters. The van der Waals surface area contributed by atoms with E-state index in [1.54, 1.807) is 43.3 Å². The summed E-state index contributed by atoms with van der Waals surface area (Å²) in [5.41, 5.74) is 0.0595. The Bertz CT molecular complexity index is 1090. The van der Waals surface area contributed by atoms with Gasteiger partial charge in [0, 0.05) is 0 Å². The van der Waals surface area contributed by atoms with Gasteiger partial charge in [-0.25, -0.2) is 9.37 Å². The Balaban J connectivity index is 1.64. The topological polar surface area (TPSA) is 72.0 Å². The monoisotopic (exact) mass is 380 g/mol. The van der Waals surface area contributed by atoms with Crippen molar-refractivity contribution in [2.24, 2.45) is 0 Å². The summed E-state index contributed by atoms with van der Waals surface area (Å²) in [7, 11) is 0. The molecule has 2 aromatic carbocycles. The zero-order valence-corrected chi connectivity index (χ0v) is 15.6. The number of H-pyrrole nitrogens is 1. The van der Waals surface area contributed by atoms with Gasteiger partial charge in [-0.15, -0.1) is 0 Å². The van der Waals surface area contributed by atoms with Crippen LogP contribution in [-0.2, 0) is 14.9 Å². The second-order valence-electron chi connectivity index (χ2n) is 7.32. The third-order valence-corrected chi connectivity index (χ3v) is 5.53. The van der Waals surface area contributed by atoms with Crippen LogP contribution < -0.4 is 5.56 Å². The number of carbonyl (C=O) groups is 1. The molecule has 1 aliphatic carbocycles. The molecule has 5 nitrogen and oxygen atoms in total. The van der Waals surface area contributed by atoms with Crippen LogP contribution in [0.3, 0.4) is 0 Å². The highest BCUT2D eigenvalue weighted by molar-refractivity contribution is 5.84. The van der Waals surface area contributed by atoms with Crippen LogP contribution in [0.5, 0.6) is 0 Å². The third-order valence-electron chi connectivity index (χ3n) is 5.53. The van der Waals surface area contributed by atoms with E-state index < -0.39 is 17.5 Å². The van der Waals surface area contributed by atoms with Crippen molar-refractivity contribution >= 4 is 16.9 Å². The Kier molecular flexibility index (Phi) is 4.71. The fraction of sp³-hybridized carbons (Fsp3) is 0.318. The van der Waals surface area contributed by atoms with Crippen LogP contribution in [0.4, 0.5) is 4.39 Å². The number of para-hydroxylation sites is 1. The first-order valence-corrected chi connectivity index (χ1v) is 9.46. The molecule has 1 aromatic heterocycles. The average Bonchev–Trinajstić information content (AvgIpc) is 3.19. The molecule has 4 rings (SSSR count). The zero-order chi connectivity index (χ0) is 19.7. The number of ether oxygens (including phenoxy) is 1. The Hall–Kier alpha value is -3.02. The predicted octanol–water partition coefficient (Wildman–Crippen LogP) is 4.18. The molecule has 1 saturated carbocycles. The van der Waals surface area contributed by atoms with Crippen molar-refractivity contribution in [2.45, 2.75) is 44.1 Å². The number of aromatic amines is 1. The van der Waals surface area contributed by atoms with E-state index in [4.69, 9.17) is 4.74 Å². The molecule has 0 unspecified atom stereocenters. The fourth-order valence-corrected chi connectivity index (χ4v) is 4.00. The van der Waals surface area contributed by atoms with Gasteiger partial charge in [-0.3, -0.25) is 9.59 Å². The highest BCUT2D eigenvalue weighted by atomic mass is 19.1. The molecule has 0 bridgehead atoms. The van der Waals surface area contributed by atoms with E-state index in [-0.39, 0.29) is 11.4 Å². The lowest BCUT2D eigenvalue weighted by Gasteiger charge is -2.28. The molecule has 28 heavy (non-hydrogen) atoms. The van der Waals surface area contributed by atoms with Crippen molar-refractivity contribution < 1.29 is 13.9 Å². The summed E-state index contributed by atoms with van der Waals surface area (Å²) in [5.74, 6) is -0.478. The molecule has 1 aliphatic rings. The van der Waals surface area contributed by atoms with Crippen LogP contribution in [0.1, 0.15) is 50.1 Å². The van der Waals surface area contributed by atoms with E-state index >= 15 is 0 Å². The smallest absolute Gasteiger partial charge is 0.317 e. The molecule has 1 N–H and O–H groups in total. The molecular weight excluding hydrogens is 359 g/mol. The molecule has 1 fully saturated rings.